The third kappa shape index (κ3) is 4.31. The summed E-state index contributed by atoms with van der Waals surface area (Å²) in [5.41, 5.74) is 1.25. The van der Waals surface area contributed by atoms with Gasteiger partial charge in [-0.25, -0.2) is 4.79 Å². The van der Waals surface area contributed by atoms with Crippen LogP contribution in [0.25, 0.3) is 10.1 Å². The van der Waals surface area contributed by atoms with Crippen molar-refractivity contribution in [1.29, 1.82) is 0 Å². The molecule has 156 valence electrons. The number of thiophene rings is 1. The number of ether oxygens (including phenoxy) is 1. The number of aromatic nitrogens is 1. The minimum absolute atomic E-state index is 0.0913. The maximum Gasteiger partial charge on any atom is 0.410 e. The molecule has 2 atom stereocenters. The van der Waals surface area contributed by atoms with E-state index in [2.05, 4.69) is 10.3 Å². The highest BCUT2D eigenvalue weighted by Crippen LogP contribution is 2.36. The van der Waals surface area contributed by atoms with Gasteiger partial charge in [0.05, 0.1) is 16.3 Å². The minimum atomic E-state index is -0.580. The number of anilines is 1. The normalized spacial score (nSPS) is 19.1. The highest BCUT2D eigenvalue weighted by atomic mass is 32.1. The Labute approximate surface area is 179 Å². The van der Waals surface area contributed by atoms with Crippen LogP contribution in [0.2, 0.25) is 0 Å². The van der Waals surface area contributed by atoms with Gasteiger partial charge in [-0.05, 0) is 32.4 Å². The largest absolute Gasteiger partial charge is 0.444 e. The average molecular weight is 424 g/mol. The standard InChI is InChI=1S/C23H25N3O3S/c1-23(2,3)29-22(28)26-12-17(15-7-5-4-6-8-15)18(13-26)21(27)25-19-14-30-20-11-24-10-9-16(19)20/h4-11,14,17-18H,12-13H2,1-3H3,(H,25,27)/t17-,18+/m0/s1. The Morgan fingerprint density at radius 3 is 2.67 bits per heavy atom. The van der Waals surface area contributed by atoms with Gasteiger partial charge < -0.3 is 15.0 Å². The summed E-state index contributed by atoms with van der Waals surface area (Å²) in [7, 11) is 0. The second-order valence-corrected chi connectivity index (χ2v) is 9.43. The van der Waals surface area contributed by atoms with Gasteiger partial charge in [0, 0.05) is 42.2 Å². The highest BCUT2D eigenvalue weighted by molar-refractivity contribution is 7.17. The van der Waals surface area contributed by atoms with Gasteiger partial charge in [0.15, 0.2) is 0 Å². The molecule has 0 spiro atoms. The summed E-state index contributed by atoms with van der Waals surface area (Å²) in [6.07, 6.45) is 3.13. The number of benzene rings is 1. The van der Waals surface area contributed by atoms with Crippen molar-refractivity contribution >= 4 is 39.1 Å². The lowest BCUT2D eigenvalue weighted by Crippen LogP contribution is -2.36. The van der Waals surface area contributed by atoms with Gasteiger partial charge in [-0.3, -0.25) is 9.78 Å². The summed E-state index contributed by atoms with van der Waals surface area (Å²) in [4.78, 5) is 31.7. The minimum Gasteiger partial charge on any atom is -0.444 e. The van der Waals surface area contributed by atoms with Crippen LogP contribution < -0.4 is 5.32 Å². The van der Waals surface area contributed by atoms with E-state index in [1.165, 1.54) is 0 Å². The molecular formula is C23H25N3O3S. The van der Waals surface area contributed by atoms with Crippen molar-refractivity contribution in [1.82, 2.24) is 9.88 Å². The van der Waals surface area contributed by atoms with Crippen LogP contribution in [0.5, 0.6) is 0 Å². The van der Waals surface area contributed by atoms with Crippen molar-refractivity contribution < 1.29 is 14.3 Å². The zero-order chi connectivity index (χ0) is 21.3. The third-order valence-corrected chi connectivity index (χ3v) is 6.11. The molecule has 30 heavy (non-hydrogen) atoms. The molecule has 1 fully saturated rings. The second-order valence-electron chi connectivity index (χ2n) is 8.52. The fourth-order valence-corrected chi connectivity index (χ4v) is 4.64. The molecule has 3 heterocycles. The van der Waals surface area contributed by atoms with E-state index in [1.807, 2.05) is 62.5 Å². The first kappa shape index (κ1) is 20.3. The zero-order valence-electron chi connectivity index (χ0n) is 17.3. The lowest BCUT2D eigenvalue weighted by Gasteiger charge is -2.24. The zero-order valence-corrected chi connectivity index (χ0v) is 18.1. The van der Waals surface area contributed by atoms with Crippen LogP contribution in [-0.4, -0.2) is 40.6 Å². The lowest BCUT2D eigenvalue weighted by molar-refractivity contribution is -0.119. The third-order valence-electron chi connectivity index (χ3n) is 5.17. The quantitative estimate of drug-likeness (QED) is 0.651. The summed E-state index contributed by atoms with van der Waals surface area (Å²) < 4.78 is 6.57. The Balaban J connectivity index is 1.58. The number of rotatable bonds is 3. The molecule has 0 aliphatic carbocycles. The van der Waals surface area contributed by atoms with E-state index in [1.54, 1.807) is 28.6 Å². The summed E-state index contributed by atoms with van der Waals surface area (Å²) in [6.45, 7) is 6.30. The van der Waals surface area contributed by atoms with E-state index in [4.69, 9.17) is 4.74 Å². The van der Waals surface area contributed by atoms with E-state index in [0.29, 0.717) is 13.1 Å². The number of carbonyl (C=O) groups excluding carboxylic acids is 2. The van der Waals surface area contributed by atoms with Gasteiger partial charge in [0.1, 0.15) is 5.60 Å². The van der Waals surface area contributed by atoms with Crippen molar-refractivity contribution in [2.75, 3.05) is 18.4 Å². The van der Waals surface area contributed by atoms with Crippen LogP contribution in [0.4, 0.5) is 10.5 Å². The average Bonchev–Trinajstić information content (AvgIpc) is 3.33. The highest BCUT2D eigenvalue weighted by Gasteiger charge is 2.41. The Morgan fingerprint density at radius 1 is 1.17 bits per heavy atom. The fraction of sp³-hybridized carbons (Fsp3) is 0.348. The Hall–Kier alpha value is -2.93. The summed E-state index contributed by atoms with van der Waals surface area (Å²) in [6, 6.07) is 11.8. The van der Waals surface area contributed by atoms with Crippen molar-refractivity contribution in [2.45, 2.75) is 32.3 Å². The first-order chi connectivity index (χ1) is 14.3. The predicted octanol–water partition coefficient (Wildman–Crippen LogP) is 4.89. The molecule has 0 unspecified atom stereocenters. The molecule has 2 aromatic heterocycles. The van der Waals surface area contributed by atoms with E-state index in [-0.39, 0.29) is 23.8 Å². The van der Waals surface area contributed by atoms with Gasteiger partial charge >= 0.3 is 6.09 Å². The maximum absolute atomic E-state index is 13.3. The van der Waals surface area contributed by atoms with Crippen molar-refractivity contribution in [3.63, 3.8) is 0 Å². The molecular weight excluding hydrogens is 398 g/mol. The van der Waals surface area contributed by atoms with Crippen LogP contribution in [0.3, 0.4) is 0 Å². The topological polar surface area (TPSA) is 71.5 Å². The molecule has 0 bridgehead atoms. The predicted molar refractivity (Wildman–Crippen MR) is 119 cm³/mol. The molecule has 4 rings (SSSR count). The number of hydrogen-bond donors (Lipinski definition) is 1. The van der Waals surface area contributed by atoms with E-state index in [9.17, 15) is 9.59 Å². The van der Waals surface area contributed by atoms with E-state index in [0.717, 1.165) is 21.3 Å². The molecule has 0 saturated carbocycles. The molecule has 2 amide bonds. The van der Waals surface area contributed by atoms with Crippen LogP contribution >= 0.6 is 11.3 Å². The van der Waals surface area contributed by atoms with Crippen LogP contribution in [0.1, 0.15) is 32.3 Å². The smallest absolute Gasteiger partial charge is 0.410 e. The molecule has 1 N–H and O–H groups in total. The van der Waals surface area contributed by atoms with Crippen LogP contribution in [-0.2, 0) is 9.53 Å². The maximum atomic E-state index is 13.3. The molecule has 1 aliphatic heterocycles. The molecule has 1 aromatic carbocycles. The number of likely N-dealkylation sites (tertiary alicyclic amines) is 1. The SMILES string of the molecule is CC(C)(C)OC(=O)N1C[C@@H](C(=O)Nc2csc3cnccc23)[C@H](c2ccccc2)C1. The number of hydrogen-bond acceptors (Lipinski definition) is 5. The van der Waals surface area contributed by atoms with Gasteiger partial charge in [0.2, 0.25) is 5.91 Å². The molecule has 1 saturated heterocycles. The molecule has 6 nitrogen and oxygen atoms in total. The van der Waals surface area contributed by atoms with Gasteiger partial charge in [-0.1, -0.05) is 30.3 Å². The molecule has 3 aromatic rings. The van der Waals surface area contributed by atoms with E-state index < -0.39 is 5.60 Å². The van der Waals surface area contributed by atoms with Gasteiger partial charge in [-0.15, -0.1) is 11.3 Å². The number of amides is 2. The first-order valence-electron chi connectivity index (χ1n) is 9.97. The molecule has 1 aliphatic rings. The monoisotopic (exact) mass is 423 g/mol. The van der Waals surface area contributed by atoms with E-state index >= 15 is 0 Å². The lowest BCUT2D eigenvalue weighted by atomic mass is 9.88. The summed E-state index contributed by atoms with van der Waals surface area (Å²) in [5.74, 6) is -0.548. The Morgan fingerprint density at radius 2 is 1.93 bits per heavy atom. The fourth-order valence-electron chi connectivity index (χ4n) is 3.79. The first-order valence-corrected chi connectivity index (χ1v) is 10.8. The Bertz CT molecular complexity index is 1060. The molecule has 7 heteroatoms. The van der Waals surface area contributed by atoms with Gasteiger partial charge in [0.25, 0.3) is 0 Å². The van der Waals surface area contributed by atoms with Gasteiger partial charge in [-0.2, -0.15) is 0 Å². The van der Waals surface area contributed by atoms with Crippen molar-refractivity contribution in [3.05, 3.63) is 59.7 Å². The van der Waals surface area contributed by atoms with Crippen LogP contribution in [0, 0.1) is 5.92 Å². The Kier molecular flexibility index (Phi) is 5.47. The number of nitrogens with one attached hydrogen (secondary N) is 1. The number of carbonyl (C=O) groups is 2. The number of nitrogens with zero attached hydrogens (tertiary/aromatic N) is 2. The number of fused-ring (bicyclic) bond motifs is 1. The summed E-state index contributed by atoms with van der Waals surface area (Å²) >= 11 is 1.55. The van der Waals surface area contributed by atoms with Crippen molar-refractivity contribution in [3.8, 4) is 0 Å². The molecule has 0 radical (unpaired) electrons. The summed E-state index contributed by atoms with van der Waals surface area (Å²) in [5, 5.41) is 5.99. The second kappa shape index (κ2) is 8.07. The van der Waals surface area contributed by atoms with Crippen LogP contribution in [0.15, 0.2) is 54.2 Å². The number of pyridine rings is 1. The van der Waals surface area contributed by atoms with Crippen molar-refractivity contribution in [2.24, 2.45) is 5.92 Å².